The van der Waals surface area contributed by atoms with E-state index in [9.17, 15) is 4.79 Å². The molecule has 1 aromatic carbocycles. The molecule has 1 amide bonds. The Bertz CT molecular complexity index is 316. The molecule has 0 aliphatic carbocycles. The number of rotatable bonds is 5. The topological polar surface area (TPSA) is 55.1 Å². The van der Waals surface area contributed by atoms with Gasteiger partial charge in [0.05, 0.1) is 0 Å². The van der Waals surface area contributed by atoms with E-state index < -0.39 is 0 Å². The fourth-order valence-electron chi connectivity index (χ4n) is 1.17. The first-order chi connectivity index (χ1) is 7.24. The lowest BCUT2D eigenvalue weighted by Crippen LogP contribution is -2.24. The number of halogens is 2. The molecule has 16 heavy (non-hydrogen) atoms. The average molecular weight is 355 g/mol. The predicted octanol–water partition coefficient (Wildman–Crippen LogP) is 2.18. The number of carbonyl (C=O) groups excluding carboxylic acids is 1. The van der Waals surface area contributed by atoms with Crippen LogP contribution in [0.1, 0.15) is 23.2 Å². The fraction of sp³-hybridized carbons (Fsp3) is 0.364. The standard InChI is InChI=1S/C11H15IN2O.ClH/c12-10-5-3-9(4-6-10)11(15)14-8-2-1-7-13;/h3-6H,1-2,7-8,13H2,(H,14,15);1H. The summed E-state index contributed by atoms with van der Waals surface area (Å²) in [7, 11) is 0. The van der Waals surface area contributed by atoms with E-state index in [4.69, 9.17) is 5.73 Å². The molecule has 0 bridgehead atoms. The minimum Gasteiger partial charge on any atom is -0.352 e. The monoisotopic (exact) mass is 354 g/mol. The molecule has 0 aliphatic rings. The van der Waals surface area contributed by atoms with Gasteiger partial charge in [-0.05, 0) is 66.2 Å². The third-order valence-corrected chi connectivity index (χ3v) is 2.74. The number of nitrogens with one attached hydrogen (secondary N) is 1. The summed E-state index contributed by atoms with van der Waals surface area (Å²) in [5.74, 6) is -0.0107. The van der Waals surface area contributed by atoms with Crippen molar-refractivity contribution in [2.45, 2.75) is 12.8 Å². The maximum atomic E-state index is 11.6. The smallest absolute Gasteiger partial charge is 0.251 e. The van der Waals surface area contributed by atoms with Crippen molar-refractivity contribution in [3.8, 4) is 0 Å². The highest BCUT2D eigenvalue weighted by atomic mass is 127. The average Bonchev–Trinajstić information content (AvgIpc) is 2.25. The molecule has 0 saturated carbocycles. The molecule has 0 radical (unpaired) electrons. The van der Waals surface area contributed by atoms with E-state index in [1.54, 1.807) is 0 Å². The SMILES string of the molecule is Cl.NCCCCNC(=O)c1ccc(I)cc1. The zero-order chi connectivity index (χ0) is 11.1. The Balaban J connectivity index is 0.00000225. The number of carbonyl (C=O) groups is 1. The van der Waals surface area contributed by atoms with Crippen LogP contribution >= 0.6 is 35.0 Å². The summed E-state index contributed by atoms with van der Waals surface area (Å²) in [6, 6.07) is 7.52. The van der Waals surface area contributed by atoms with Crippen LogP contribution in [0.2, 0.25) is 0 Å². The number of benzene rings is 1. The van der Waals surface area contributed by atoms with Gasteiger partial charge < -0.3 is 11.1 Å². The van der Waals surface area contributed by atoms with Crippen molar-refractivity contribution >= 4 is 40.9 Å². The first-order valence-corrected chi connectivity index (χ1v) is 6.06. The summed E-state index contributed by atoms with van der Waals surface area (Å²) < 4.78 is 1.13. The van der Waals surface area contributed by atoms with Gasteiger partial charge in [-0.2, -0.15) is 0 Å². The molecular formula is C11H16ClIN2O. The molecule has 0 aliphatic heterocycles. The van der Waals surface area contributed by atoms with Crippen LogP contribution in [0, 0.1) is 3.57 Å². The third-order valence-electron chi connectivity index (χ3n) is 2.02. The summed E-state index contributed by atoms with van der Waals surface area (Å²) in [6.07, 6.45) is 1.89. The normalized spacial score (nSPS) is 9.38. The van der Waals surface area contributed by atoms with Gasteiger partial charge in [0, 0.05) is 15.7 Å². The van der Waals surface area contributed by atoms with Crippen LogP contribution in [-0.2, 0) is 0 Å². The van der Waals surface area contributed by atoms with Crippen molar-refractivity contribution < 1.29 is 4.79 Å². The number of hydrogen-bond donors (Lipinski definition) is 2. The molecule has 0 unspecified atom stereocenters. The van der Waals surface area contributed by atoms with Crippen molar-refractivity contribution in [2.24, 2.45) is 5.73 Å². The van der Waals surface area contributed by atoms with Gasteiger partial charge in [-0.25, -0.2) is 0 Å². The Hall–Kier alpha value is -0.330. The van der Waals surface area contributed by atoms with Crippen LogP contribution in [0.3, 0.4) is 0 Å². The lowest BCUT2D eigenvalue weighted by molar-refractivity contribution is 0.0953. The lowest BCUT2D eigenvalue weighted by atomic mass is 10.2. The van der Waals surface area contributed by atoms with Crippen LogP contribution in [0.15, 0.2) is 24.3 Å². The second-order valence-corrected chi connectivity index (χ2v) is 4.50. The molecule has 0 spiro atoms. The maximum absolute atomic E-state index is 11.6. The van der Waals surface area contributed by atoms with Crippen molar-refractivity contribution in [3.63, 3.8) is 0 Å². The highest BCUT2D eigenvalue weighted by Crippen LogP contribution is 2.06. The molecule has 0 fully saturated rings. The van der Waals surface area contributed by atoms with Crippen LogP contribution in [-0.4, -0.2) is 19.0 Å². The van der Waals surface area contributed by atoms with Crippen molar-refractivity contribution in [1.29, 1.82) is 0 Å². The van der Waals surface area contributed by atoms with Gasteiger partial charge in [-0.1, -0.05) is 0 Å². The van der Waals surface area contributed by atoms with Crippen LogP contribution in [0.25, 0.3) is 0 Å². The Morgan fingerprint density at radius 3 is 2.44 bits per heavy atom. The Morgan fingerprint density at radius 1 is 1.25 bits per heavy atom. The zero-order valence-electron chi connectivity index (χ0n) is 8.91. The molecule has 0 saturated heterocycles. The van der Waals surface area contributed by atoms with E-state index >= 15 is 0 Å². The largest absolute Gasteiger partial charge is 0.352 e. The first-order valence-electron chi connectivity index (χ1n) is 4.98. The molecule has 3 nitrogen and oxygen atoms in total. The van der Waals surface area contributed by atoms with E-state index in [1.165, 1.54) is 0 Å². The minimum atomic E-state index is -0.0107. The summed E-state index contributed by atoms with van der Waals surface area (Å²) in [4.78, 5) is 11.6. The highest BCUT2D eigenvalue weighted by Gasteiger charge is 2.03. The van der Waals surface area contributed by atoms with Gasteiger partial charge in [0.1, 0.15) is 0 Å². The van der Waals surface area contributed by atoms with Crippen LogP contribution in [0.5, 0.6) is 0 Å². The van der Waals surface area contributed by atoms with Crippen LogP contribution < -0.4 is 11.1 Å². The Kier molecular flexibility index (Phi) is 8.60. The number of unbranched alkanes of at least 4 members (excludes halogenated alkanes) is 1. The summed E-state index contributed by atoms with van der Waals surface area (Å²) >= 11 is 2.21. The summed E-state index contributed by atoms with van der Waals surface area (Å²) in [6.45, 7) is 1.38. The van der Waals surface area contributed by atoms with Gasteiger partial charge in [0.15, 0.2) is 0 Å². The first kappa shape index (κ1) is 15.7. The second kappa shape index (κ2) is 8.78. The number of hydrogen-bond acceptors (Lipinski definition) is 2. The minimum absolute atomic E-state index is 0. The van der Waals surface area contributed by atoms with Crippen LogP contribution in [0.4, 0.5) is 0 Å². The quantitative estimate of drug-likeness (QED) is 0.629. The fourth-order valence-corrected chi connectivity index (χ4v) is 1.53. The van der Waals surface area contributed by atoms with Gasteiger partial charge in [-0.15, -0.1) is 12.4 Å². The van der Waals surface area contributed by atoms with E-state index in [0.717, 1.165) is 16.4 Å². The highest BCUT2D eigenvalue weighted by molar-refractivity contribution is 14.1. The molecular weight excluding hydrogens is 338 g/mol. The Morgan fingerprint density at radius 2 is 1.88 bits per heavy atom. The van der Waals surface area contributed by atoms with Crippen molar-refractivity contribution in [3.05, 3.63) is 33.4 Å². The van der Waals surface area contributed by atoms with Gasteiger partial charge in [-0.3, -0.25) is 4.79 Å². The molecule has 1 aromatic rings. The lowest BCUT2D eigenvalue weighted by Gasteiger charge is -2.04. The molecule has 0 aromatic heterocycles. The molecule has 0 atom stereocenters. The van der Waals surface area contributed by atoms with E-state index in [-0.39, 0.29) is 18.3 Å². The van der Waals surface area contributed by atoms with E-state index in [1.807, 2.05) is 24.3 Å². The summed E-state index contributed by atoms with van der Waals surface area (Å²) in [5.41, 5.74) is 6.07. The van der Waals surface area contributed by atoms with E-state index in [2.05, 4.69) is 27.9 Å². The van der Waals surface area contributed by atoms with Gasteiger partial charge in [0.25, 0.3) is 5.91 Å². The van der Waals surface area contributed by atoms with Crippen molar-refractivity contribution in [1.82, 2.24) is 5.32 Å². The molecule has 1 rings (SSSR count). The summed E-state index contributed by atoms with van der Waals surface area (Å²) in [5, 5.41) is 2.86. The third kappa shape index (κ3) is 5.67. The van der Waals surface area contributed by atoms with Gasteiger partial charge >= 0.3 is 0 Å². The zero-order valence-corrected chi connectivity index (χ0v) is 11.9. The van der Waals surface area contributed by atoms with E-state index in [0.29, 0.717) is 18.7 Å². The number of amides is 1. The number of nitrogens with two attached hydrogens (primary N) is 1. The predicted molar refractivity (Wildman–Crippen MR) is 77.0 cm³/mol. The molecule has 90 valence electrons. The van der Waals surface area contributed by atoms with Crippen molar-refractivity contribution in [2.75, 3.05) is 13.1 Å². The Labute approximate surface area is 116 Å². The van der Waals surface area contributed by atoms with Gasteiger partial charge in [0.2, 0.25) is 0 Å². The second-order valence-electron chi connectivity index (χ2n) is 3.26. The molecule has 0 heterocycles. The maximum Gasteiger partial charge on any atom is 0.251 e. The molecule has 3 N–H and O–H groups in total. The molecule has 5 heteroatoms.